The van der Waals surface area contributed by atoms with Gasteiger partial charge in [0.2, 0.25) is 5.91 Å². The van der Waals surface area contributed by atoms with Gasteiger partial charge in [0.15, 0.2) is 0 Å². The molecule has 1 saturated heterocycles. The van der Waals surface area contributed by atoms with E-state index in [1.807, 2.05) is 0 Å². The first-order valence-electron chi connectivity index (χ1n) is 5.40. The van der Waals surface area contributed by atoms with Crippen LogP contribution in [0.2, 0.25) is 0 Å². The third-order valence-electron chi connectivity index (χ3n) is 2.63. The summed E-state index contributed by atoms with van der Waals surface area (Å²) in [5.41, 5.74) is 0.541. The molecular formula is C12H14FNOS. The first-order valence-corrected chi connectivity index (χ1v) is 6.45. The number of benzene rings is 1. The summed E-state index contributed by atoms with van der Waals surface area (Å²) in [4.78, 5) is 11.7. The summed E-state index contributed by atoms with van der Waals surface area (Å²) in [6.07, 6.45) is 2.04. The number of nitrogens with one attached hydrogen (secondary N) is 1. The maximum atomic E-state index is 13.3. The minimum absolute atomic E-state index is 0.0331. The molecule has 1 aromatic carbocycles. The Morgan fingerprint density at radius 3 is 3.00 bits per heavy atom. The molecule has 2 rings (SSSR count). The van der Waals surface area contributed by atoms with E-state index in [0.717, 1.165) is 18.6 Å². The van der Waals surface area contributed by atoms with Crippen LogP contribution in [0.4, 0.5) is 4.39 Å². The van der Waals surface area contributed by atoms with Gasteiger partial charge in [-0.15, -0.1) is 11.8 Å². The maximum Gasteiger partial charge on any atom is 0.233 e. The van der Waals surface area contributed by atoms with Gasteiger partial charge in [0.25, 0.3) is 0 Å². The van der Waals surface area contributed by atoms with Crippen molar-refractivity contribution in [1.82, 2.24) is 5.32 Å². The van der Waals surface area contributed by atoms with Crippen molar-refractivity contribution in [2.24, 2.45) is 0 Å². The Bertz CT molecular complexity index is 377. The highest BCUT2D eigenvalue weighted by molar-refractivity contribution is 8.00. The molecule has 86 valence electrons. The average molecular weight is 239 g/mol. The lowest BCUT2D eigenvalue weighted by molar-refractivity contribution is -0.120. The van der Waals surface area contributed by atoms with E-state index in [9.17, 15) is 9.18 Å². The van der Waals surface area contributed by atoms with Crippen LogP contribution < -0.4 is 5.32 Å². The van der Waals surface area contributed by atoms with Gasteiger partial charge in [-0.1, -0.05) is 18.2 Å². The minimum Gasteiger partial charge on any atom is -0.351 e. The van der Waals surface area contributed by atoms with Gasteiger partial charge in [0, 0.05) is 12.1 Å². The highest BCUT2D eigenvalue weighted by atomic mass is 32.2. The van der Waals surface area contributed by atoms with Crippen molar-refractivity contribution in [2.75, 3.05) is 5.75 Å². The van der Waals surface area contributed by atoms with Crippen molar-refractivity contribution >= 4 is 17.7 Å². The third kappa shape index (κ3) is 2.76. The second kappa shape index (κ2) is 5.34. The molecule has 0 saturated carbocycles. The molecule has 1 aliphatic heterocycles. The van der Waals surface area contributed by atoms with Gasteiger partial charge in [0.05, 0.1) is 5.25 Å². The quantitative estimate of drug-likeness (QED) is 0.877. The molecule has 1 N–H and O–H groups in total. The van der Waals surface area contributed by atoms with Gasteiger partial charge in [-0.2, -0.15) is 0 Å². The molecular weight excluding hydrogens is 225 g/mol. The fourth-order valence-corrected chi connectivity index (χ4v) is 2.91. The summed E-state index contributed by atoms with van der Waals surface area (Å²) >= 11 is 1.68. The number of hydrogen-bond donors (Lipinski definition) is 1. The van der Waals surface area contributed by atoms with Gasteiger partial charge in [-0.25, -0.2) is 4.39 Å². The lowest BCUT2D eigenvalue weighted by atomic mass is 10.2. The van der Waals surface area contributed by atoms with E-state index in [1.165, 1.54) is 6.07 Å². The van der Waals surface area contributed by atoms with E-state index in [-0.39, 0.29) is 23.5 Å². The maximum absolute atomic E-state index is 13.3. The predicted octanol–water partition coefficient (Wildman–Crippen LogP) is 2.34. The molecule has 0 spiro atoms. The second-order valence-electron chi connectivity index (χ2n) is 3.81. The summed E-state index contributed by atoms with van der Waals surface area (Å²) in [5.74, 6) is 0.824. The topological polar surface area (TPSA) is 29.1 Å². The monoisotopic (exact) mass is 239 g/mol. The Morgan fingerprint density at radius 2 is 2.31 bits per heavy atom. The molecule has 16 heavy (non-hydrogen) atoms. The SMILES string of the molecule is O=C(NCc1ccccc1F)C1CCCS1. The average Bonchev–Trinajstić information content (AvgIpc) is 2.81. The van der Waals surface area contributed by atoms with Crippen LogP contribution in [0.5, 0.6) is 0 Å². The van der Waals surface area contributed by atoms with Crippen molar-refractivity contribution in [3.8, 4) is 0 Å². The van der Waals surface area contributed by atoms with E-state index in [1.54, 1.807) is 30.0 Å². The van der Waals surface area contributed by atoms with Crippen molar-refractivity contribution in [1.29, 1.82) is 0 Å². The van der Waals surface area contributed by atoms with Crippen LogP contribution >= 0.6 is 11.8 Å². The molecule has 1 aromatic rings. The molecule has 1 amide bonds. The molecule has 0 aliphatic carbocycles. The van der Waals surface area contributed by atoms with E-state index in [0.29, 0.717) is 5.56 Å². The van der Waals surface area contributed by atoms with Gasteiger partial charge >= 0.3 is 0 Å². The number of amides is 1. The molecule has 0 bridgehead atoms. The first kappa shape index (κ1) is 11.5. The Hall–Kier alpha value is -1.03. The molecule has 1 fully saturated rings. The van der Waals surface area contributed by atoms with Crippen LogP contribution in [-0.4, -0.2) is 16.9 Å². The molecule has 1 heterocycles. The third-order valence-corrected chi connectivity index (χ3v) is 4.01. The van der Waals surface area contributed by atoms with Crippen LogP contribution in [0.1, 0.15) is 18.4 Å². The molecule has 1 unspecified atom stereocenters. The highest BCUT2D eigenvalue weighted by Gasteiger charge is 2.22. The lowest BCUT2D eigenvalue weighted by Crippen LogP contribution is -2.31. The van der Waals surface area contributed by atoms with Crippen LogP contribution in [0.25, 0.3) is 0 Å². The number of halogens is 1. The van der Waals surface area contributed by atoms with Crippen molar-refractivity contribution in [3.63, 3.8) is 0 Å². The van der Waals surface area contributed by atoms with Crippen LogP contribution in [0, 0.1) is 5.82 Å². The summed E-state index contributed by atoms with van der Waals surface area (Å²) in [5, 5.41) is 2.84. The Labute approximate surface area is 98.6 Å². The van der Waals surface area contributed by atoms with Crippen LogP contribution in [0.15, 0.2) is 24.3 Å². The summed E-state index contributed by atoms with van der Waals surface area (Å²) < 4.78 is 13.3. The summed E-state index contributed by atoms with van der Waals surface area (Å²) in [6.45, 7) is 0.280. The fraction of sp³-hybridized carbons (Fsp3) is 0.417. The Balaban J connectivity index is 1.87. The van der Waals surface area contributed by atoms with E-state index >= 15 is 0 Å². The first-order chi connectivity index (χ1) is 7.77. The number of thioether (sulfide) groups is 1. The second-order valence-corrected chi connectivity index (χ2v) is 5.12. The zero-order valence-corrected chi connectivity index (χ0v) is 9.73. The van der Waals surface area contributed by atoms with Gasteiger partial charge in [-0.3, -0.25) is 4.79 Å². The Morgan fingerprint density at radius 1 is 1.50 bits per heavy atom. The number of carbonyl (C=O) groups is 1. The van der Waals surface area contributed by atoms with E-state index in [2.05, 4.69) is 5.32 Å². The smallest absolute Gasteiger partial charge is 0.233 e. The van der Waals surface area contributed by atoms with E-state index < -0.39 is 0 Å². The van der Waals surface area contributed by atoms with E-state index in [4.69, 9.17) is 0 Å². The van der Waals surface area contributed by atoms with Crippen molar-refractivity contribution < 1.29 is 9.18 Å². The largest absolute Gasteiger partial charge is 0.351 e. The molecule has 4 heteroatoms. The molecule has 1 aliphatic rings. The standard InChI is InChI=1S/C12H14FNOS/c13-10-5-2-1-4-9(10)8-14-12(15)11-6-3-7-16-11/h1-2,4-5,11H,3,6-8H2,(H,14,15). The zero-order chi connectivity index (χ0) is 11.4. The fourth-order valence-electron chi connectivity index (χ4n) is 1.72. The number of carbonyl (C=O) groups excluding carboxylic acids is 1. The molecule has 0 radical (unpaired) electrons. The van der Waals surface area contributed by atoms with Crippen molar-refractivity contribution in [3.05, 3.63) is 35.6 Å². The zero-order valence-electron chi connectivity index (χ0n) is 8.91. The molecule has 1 atom stereocenters. The van der Waals surface area contributed by atoms with Crippen LogP contribution in [-0.2, 0) is 11.3 Å². The normalized spacial score (nSPS) is 19.7. The van der Waals surface area contributed by atoms with Gasteiger partial charge < -0.3 is 5.32 Å². The highest BCUT2D eigenvalue weighted by Crippen LogP contribution is 2.26. The van der Waals surface area contributed by atoms with Gasteiger partial charge in [0.1, 0.15) is 5.82 Å². The summed E-state index contributed by atoms with van der Waals surface area (Å²) in [7, 11) is 0. The molecule has 2 nitrogen and oxygen atoms in total. The number of hydrogen-bond acceptors (Lipinski definition) is 2. The lowest BCUT2D eigenvalue weighted by Gasteiger charge is -2.10. The molecule has 0 aromatic heterocycles. The van der Waals surface area contributed by atoms with Gasteiger partial charge in [-0.05, 0) is 24.7 Å². The Kier molecular flexibility index (Phi) is 3.83. The van der Waals surface area contributed by atoms with Crippen molar-refractivity contribution in [2.45, 2.75) is 24.6 Å². The minimum atomic E-state index is -0.262. The summed E-state index contributed by atoms with van der Waals surface area (Å²) in [6, 6.07) is 6.52. The predicted molar refractivity (Wildman–Crippen MR) is 63.7 cm³/mol. The number of rotatable bonds is 3. The van der Waals surface area contributed by atoms with Crippen LogP contribution in [0.3, 0.4) is 0 Å².